The Morgan fingerprint density at radius 2 is 1.46 bits per heavy atom. The summed E-state index contributed by atoms with van der Waals surface area (Å²) in [4.78, 5) is 0. The molecule has 0 atom stereocenters. The molecule has 0 amide bonds. The monoisotopic (exact) mass is 199 g/mol. The van der Waals surface area contributed by atoms with Crippen LogP contribution in [-0.4, -0.2) is 22.5 Å². The molecule has 0 aromatic carbocycles. The summed E-state index contributed by atoms with van der Waals surface area (Å²) in [5.41, 5.74) is -2.61. The Hall–Kier alpha value is -0.290. The molecule has 0 unspecified atom stereocenters. The molecule has 0 aliphatic carbocycles. The number of halogens is 3. The first-order valence-electron chi connectivity index (χ1n) is 3.77. The lowest BCUT2D eigenvalue weighted by Crippen LogP contribution is -2.47. The summed E-state index contributed by atoms with van der Waals surface area (Å²) in [7, 11) is 0. The van der Waals surface area contributed by atoms with Crippen LogP contribution < -0.4 is 0 Å². The number of hydrogen-bond donors (Lipinski definition) is 1. The Bertz CT molecular complexity index is 167. The lowest BCUT2D eigenvalue weighted by atomic mass is 9.89. The van der Waals surface area contributed by atoms with Crippen molar-refractivity contribution in [2.24, 2.45) is 0 Å². The highest BCUT2D eigenvalue weighted by molar-refractivity contribution is 4.89. The third-order valence-electron chi connectivity index (χ3n) is 1.96. The molecule has 13 heavy (non-hydrogen) atoms. The second-order valence-corrected chi connectivity index (χ2v) is 3.85. The van der Waals surface area contributed by atoms with E-state index >= 15 is 0 Å². The summed E-state index contributed by atoms with van der Waals surface area (Å²) in [6.45, 7) is 5.32. The van der Waals surface area contributed by atoms with Crippen molar-refractivity contribution >= 4 is 0 Å². The van der Waals surface area contributed by atoms with Crippen LogP contribution in [0.4, 0.5) is 13.2 Å². The average molecular weight is 199 g/mol. The minimum absolute atomic E-state index is 0.217. The summed E-state index contributed by atoms with van der Waals surface area (Å²) in [5.74, 6) is 0. The van der Waals surface area contributed by atoms with E-state index in [0.29, 0.717) is 0 Å². The molecule has 0 heterocycles. The van der Waals surface area contributed by atoms with Crippen molar-refractivity contribution < 1.29 is 23.0 Å². The lowest BCUT2D eigenvalue weighted by molar-refractivity contribution is -0.194. The smallest absolute Gasteiger partial charge is 0.387 e. The zero-order chi connectivity index (χ0) is 10.9. The van der Waals surface area contributed by atoms with Crippen LogP contribution in [-0.2, 0) is 4.74 Å². The molecule has 5 heteroatoms. The maximum absolute atomic E-state index is 11.7. The number of aliphatic hydroxyl groups is 1. The topological polar surface area (TPSA) is 29.5 Å². The van der Waals surface area contributed by atoms with Crippen LogP contribution in [0.3, 0.4) is 0 Å². The van der Waals surface area contributed by atoms with Crippen molar-refractivity contribution in [3.63, 3.8) is 0 Å². The van der Waals surface area contributed by atoms with Crippen LogP contribution >= 0.6 is 0 Å². The predicted octanol–water partition coefficient (Wildman–Crippen LogP) is 2.28. The summed E-state index contributed by atoms with van der Waals surface area (Å²) in [6, 6.07) is 0. The lowest BCUT2D eigenvalue weighted by Gasteiger charge is -2.36. The van der Waals surface area contributed by atoms with Crippen molar-refractivity contribution in [3.8, 4) is 0 Å². The van der Waals surface area contributed by atoms with Gasteiger partial charge in [-0.15, -0.1) is 0 Å². The molecule has 1 N–H and O–H groups in total. The minimum Gasteiger partial charge on any atom is -0.387 e. The maximum Gasteiger partial charge on any atom is 0.417 e. The summed E-state index contributed by atoms with van der Waals surface area (Å²) < 4.78 is 39.6. The average Bonchev–Trinajstić information content (AvgIpc) is 1.79. The fourth-order valence-corrected chi connectivity index (χ4v) is 0.358. The van der Waals surface area contributed by atoms with Gasteiger partial charge in [0, 0.05) is 0 Å². The van der Waals surface area contributed by atoms with E-state index in [1.54, 1.807) is 0 Å². The fraction of sp³-hybridized carbons (Fsp3) is 0.875. The van der Waals surface area contributed by atoms with E-state index in [4.69, 9.17) is 0 Å². The van der Waals surface area contributed by atoms with Crippen LogP contribution in [0, 0.1) is 6.61 Å². The van der Waals surface area contributed by atoms with Crippen LogP contribution in [0.2, 0.25) is 0 Å². The third kappa shape index (κ3) is 4.47. The quantitative estimate of drug-likeness (QED) is 0.755. The van der Waals surface area contributed by atoms with E-state index in [9.17, 15) is 18.3 Å². The minimum atomic E-state index is -4.48. The van der Waals surface area contributed by atoms with Crippen LogP contribution in [0.25, 0.3) is 0 Å². The van der Waals surface area contributed by atoms with Crippen molar-refractivity contribution in [1.82, 2.24) is 0 Å². The van der Waals surface area contributed by atoms with Gasteiger partial charge in [-0.2, -0.15) is 13.2 Å². The first-order chi connectivity index (χ1) is 5.46. The molecular formula is C8H14F3O2. The van der Waals surface area contributed by atoms with E-state index in [0.717, 1.165) is 0 Å². The molecule has 0 aliphatic rings. The van der Waals surface area contributed by atoms with Gasteiger partial charge in [0.1, 0.15) is 0 Å². The normalized spacial score (nSPS) is 14.8. The summed E-state index contributed by atoms with van der Waals surface area (Å²) in [5, 5.41) is 9.43. The van der Waals surface area contributed by atoms with Gasteiger partial charge >= 0.3 is 6.18 Å². The molecule has 0 saturated carbocycles. The van der Waals surface area contributed by atoms with Gasteiger partial charge in [0.15, 0.2) is 6.61 Å². The Morgan fingerprint density at radius 1 is 1.08 bits per heavy atom. The second kappa shape index (κ2) is 3.46. The SMILES string of the molecule is CC(C)(O)C(C)(C)O[CH]C(F)(F)F. The summed E-state index contributed by atoms with van der Waals surface area (Å²) in [6.07, 6.45) is -4.48. The molecule has 0 fully saturated rings. The van der Waals surface area contributed by atoms with Crippen molar-refractivity contribution in [3.05, 3.63) is 6.61 Å². The predicted molar refractivity (Wildman–Crippen MR) is 41.8 cm³/mol. The molecule has 0 aliphatic heterocycles. The molecule has 1 radical (unpaired) electrons. The molecule has 0 aromatic rings. The van der Waals surface area contributed by atoms with E-state index in [1.165, 1.54) is 27.7 Å². The van der Waals surface area contributed by atoms with Gasteiger partial charge in [0.05, 0.1) is 11.2 Å². The molecule has 0 saturated heterocycles. The first kappa shape index (κ1) is 12.7. The van der Waals surface area contributed by atoms with Gasteiger partial charge < -0.3 is 9.84 Å². The van der Waals surface area contributed by atoms with Crippen LogP contribution in [0.1, 0.15) is 27.7 Å². The van der Waals surface area contributed by atoms with Gasteiger partial charge in [0.25, 0.3) is 0 Å². The van der Waals surface area contributed by atoms with E-state index in [2.05, 4.69) is 4.74 Å². The molecule has 0 aromatic heterocycles. The highest BCUT2D eigenvalue weighted by Gasteiger charge is 2.40. The number of ether oxygens (including phenoxy) is 1. The number of alkyl halides is 3. The standard InChI is InChI=1S/C8H14F3O2/c1-6(2,12)7(3,4)13-5-8(9,10)11/h5,12H,1-4H3. The van der Waals surface area contributed by atoms with E-state index in [-0.39, 0.29) is 6.61 Å². The van der Waals surface area contributed by atoms with Crippen molar-refractivity contribution in [1.29, 1.82) is 0 Å². The number of rotatable bonds is 3. The Balaban J connectivity index is 4.21. The zero-order valence-corrected chi connectivity index (χ0v) is 8.07. The van der Waals surface area contributed by atoms with E-state index < -0.39 is 17.4 Å². The molecule has 0 rings (SSSR count). The van der Waals surface area contributed by atoms with Gasteiger partial charge in [-0.3, -0.25) is 0 Å². The van der Waals surface area contributed by atoms with Crippen LogP contribution in [0.5, 0.6) is 0 Å². The summed E-state index contributed by atoms with van der Waals surface area (Å²) >= 11 is 0. The molecule has 79 valence electrons. The van der Waals surface area contributed by atoms with Gasteiger partial charge in [-0.25, -0.2) is 0 Å². The Morgan fingerprint density at radius 3 is 1.69 bits per heavy atom. The highest BCUT2D eigenvalue weighted by atomic mass is 19.4. The molecular weight excluding hydrogens is 185 g/mol. The molecule has 2 nitrogen and oxygen atoms in total. The van der Waals surface area contributed by atoms with Gasteiger partial charge in [0.2, 0.25) is 0 Å². The highest BCUT2D eigenvalue weighted by Crippen LogP contribution is 2.29. The molecule has 0 bridgehead atoms. The third-order valence-corrected chi connectivity index (χ3v) is 1.96. The van der Waals surface area contributed by atoms with Crippen molar-refractivity contribution in [2.75, 3.05) is 0 Å². The fourth-order valence-electron chi connectivity index (χ4n) is 0.358. The van der Waals surface area contributed by atoms with Gasteiger partial charge in [-0.05, 0) is 27.7 Å². The van der Waals surface area contributed by atoms with E-state index in [1.807, 2.05) is 0 Å². The second-order valence-electron chi connectivity index (χ2n) is 3.85. The van der Waals surface area contributed by atoms with Crippen molar-refractivity contribution in [2.45, 2.75) is 45.1 Å². The maximum atomic E-state index is 11.7. The first-order valence-corrected chi connectivity index (χ1v) is 3.77. The largest absolute Gasteiger partial charge is 0.417 e. The molecule has 0 spiro atoms. The number of hydrogen-bond acceptors (Lipinski definition) is 2. The Kier molecular flexibility index (Phi) is 3.38. The zero-order valence-electron chi connectivity index (χ0n) is 8.07. The Labute approximate surface area is 75.7 Å². The van der Waals surface area contributed by atoms with Crippen LogP contribution in [0.15, 0.2) is 0 Å². The van der Waals surface area contributed by atoms with Gasteiger partial charge in [-0.1, -0.05) is 0 Å².